The van der Waals surface area contributed by atoms with Crippen LogP contribution in [0, 0.1) is 0 Å². The Morgan fingerprint density at radius 2 is 2.10 bits per heavy atom. The first-order chi connectivity index (χ1) is 4.72. The molecular weight excluding hydrogens is 136 g/mol. The fourth-order valence-corrected chi connectivity index (χ4v) is 0.946. The lowest BCUT2D eigenvalue weighted by atomic mass is 10.0. The zero-order valence-corrected chi connectivity index (χ0v) is 5.54. The lowest BCUT2D eigenvalue weighted by molar-refractivity contribution is -0.155. The quantitative estimate of drug-likeness (QED) is 0.493. The van der Waals surface area contributed by atoms with Crippen molar-refractivity contribution >= 4 is 5.97 Å². The molecule has 0 radical (unpaired) electrons. The first-order valence-electron chi connectivity index (χ1n) is 3.16. The van der Waals surface area contributed by atoms with Crippen LogP contribution in [-0.2, 0) is 9.53 Å². The highest BCUT2D eigenvalue weighted by molar-refractivity contribution is 5.72. The van der Waals surface area contributed by atoms with Crippen LogP contribution in [0.5, 0.6) is 0 Å². The Labute approximate surface area is 58.4 Å². The molecule has 0 aromatic rings. The van der Waals surface area contributed by atoms with E-state index in [0.29, 0.717) is 12.8 Å². The minimum atomic E-state index is -0.989. The molecule has 1 rings (SSSR count). The number of ether oxygens (including phenoxy) is 1. The van der Waals surface area contributed by atoms with Gasteiger partial charge >= 0.3 is 5.97 Å². The predicted octanol–water partition coefficient (Wildman–Crippen LogP) is -0.953. The van der Waals surface area contributed by atoms with Crippen molar-refractivity contribution in [2.75, 3.05) is 13.2 Å². The number of cyclic esters (lactones) is 1. The van der Waals surface area contributed by atoms with E-state index in [4.69, 9.17) is 14.9 Å². The Morgan fingerprint density at radius 3 is 2.30 bits per heavy atom. The van der Waals surface area contributed by atoms with Crippen LogP contribution in [-0.4, -0.2) is 35.0 Å². The van der Waals surface area contributed by atoms with E-state index >= 15 is 0 Å². The standard InChI is InChI=1S/C6H10O4/c7-3-6(4-8)2-1-5(9)10-6/h7-8H,1-4H2. The second-order valence-corrected chi connectivity index (χ2v) is 2.47. The molecule has 0 unspecified atom stereocenters. The lowest BCUT2D eigenvalue weighted by Crippen LogP contribution is -2.37. The first kappa shape index (κ1) is 7.50. The van der Waals surface area contributed by atoms with Gasteiger partial charge in [0.25, 0.3) is 0 Å². The van der Waals surface area contributed by atoms with Gasteiger partial charge in [-0.1, -0.05) is 0 Å². The largest absolute Gasteiger partial charge is 0.454 e. The van der Waals surface area contributed by atoms with E-state index < -0.39 is 5.60 Å². The van der Waals surface area contributed by atoms with Gasteiger partial charge in [-0.15, -0.1) is 0 Å². The Balaban J connectivity index is 2.59. The van der Waals surface area contributed by atoms with Crippen LogP contribution >= 0.6 is 0 Å². The van der Waals surface area contributed by atoms with Crippen molar-refractivity contribution in [1.82, 2.24) is 0 Å². The van der Waals surface area contributed by atoms with Crippen LogP contribution < -0.4 is 0 Å². The second kappa shape index (κ2) is 2.56. The van der Waals surface area contributed by atoms with Crippen molar-refractivity contribution in [3.8, 4) is 0 Å². The Morgan fingerprint density at radius 1 is 1.50 bits per heavy atom. The van der Waals surface area contributed by atoms with E-state index in [1.807, 2.05) is 0 Å². The number of aliphatic hydroxyl groups excluding tert-OH is 2. The van der Waals surface area contributed by atoms with Gasteiger partial charge in [-0.2, -0.15) is 0 Å². The molecular formula is C6H10O4. The average molecular weight is 146 g/mol. The normalized spacial score (nSPS) is 22.8. The van der Waals surface area contributed by atoms with Crippen molar-refractivity contribution in [3.05, 3.63) is 0 Å². The third-order valence-electron chi connectivity index (χ3n) is 1.69. The van der Waals surface area contributed by atoms with E-state index in [2.05, 4.69) is 0 Å². The summed E-state index contributed by atoms with van der Waals surface area (Å²) in [5.41, 5.74) is -0.989. The summed E-state index contributed by atoms with van der Waals surface area (Å²) in [6.07, 6.45) is 0.708. The maximum Gasteiger partial charge on any atom is 0.306 e. The van der Waals surface area contributed by atoms with Crippen molar-refractivity contribution in [3.63, 3.8) is 0 Å². The number of rotatable bonds is 2. The molecule has 0 aliphatic carbocycles. The van der Waals surface area contributed by atoms with E-state index in [-0.39, 0.29) is 19.2 Å². The van der Waals surface area contributed by atoms with E-state index in [1.54, 1.807) is 0 Å². The molecule has 1 saturated heterocycles. The van der Waals surface area contributed by atoms with E-state index in [1.165, 1.54) is 0 Å². The molecule has 1 fully saturated rings. The van der Waals surface area contributed by atoms with Crippen LogP contribution in [0.1, 0.15) is 12.8 Å². The molecule has 0 amide bonds. The minimum absolute atomic E-state index is 0.293. The fraction of sp³-hybridized carbons (Fsp3) is 0.833. The van der Waals surface area contributed by atoms with Gasteiger partial charge in [0, 0.05) is 12.8 Å². The van der Waals surface area contributed by atoms with Gasteiger partial charge in [-0.3, -0.25) is 4.79 Å². The van der Waals surface area contributed by atoms with Crippen molar-refractivity contribution < 1.29 is 19.7 Å². The van der Waals surface area contributed by atoms with E-state index in [0.717, 1.165) is 0 Å². The number of carbonyl (C=O) groups is 1. The highest BCUT2D eigenvalue weighted by Gasteiger charge is 2.39. The van der Waals surface area contributed by atoms with Crippen LogP contribution in [0.25, 0.3) is 0 Å². The number of aliphatic hydroxyl groups is 2. The molecule has 1 aliphatic rings. The van der Waals surface area contributed by atoms with E-state index in [9.17, 15) is 4.79 Å². The topological polar surface area (TPSA) is 66.8 Å². The van der Waals surface area contributed by atoms with Gasteiger partial charge in [-0.25, -0.2) is 0 Å². The van der Waals surface area contributed by atoms with Gasteiger partial charge in [0.2, 0.25) is 0 Å². The maximum absolute atomic E-state index is 10.5. The molecule has 4 heteroatoms. The van der Waals surface area contributed by atoms with Crippen LogP contribution in [0.3, 0.4) is 0 Å². The van der Waals surface area contributed by atoms with Gasteiger partial charge in [-0.05, 0) is 0 Å². The Kier molecular flexibility index (Phi) is 1.92. The summed E-state index contributed by atoms with van der Waals surface area (Å²) in [5, 5.41) is 17.4. The molecule has 0 aromatic heterocycles. The highest BCUT2D eigenvalue weighted by Crippen LogP contribution is 2.25. The molecule has 10 heavy (non-hydrogen) atoms. The molecule has 0 saturated carbocycles. The molecule has 1 heterocycles. The summed E-state index contributed by atoms with van der Waals surface area (Å²) in [4.78, 5) is 10.5. The number of esters is 1. The SMILES string of the molecule is O=C1CCC(CO)(CO)O1. The molecule has 0 bridgehead atoms. The molecule has 2 N–H and O–H groups in total. The van der Waals surface area contributed by atoms with Crippen molar-refractivity contribution in [2.24, 2.45) is 0 Å². The molecule has 58 valence electrons. The summed E-state index contributed by atoms with van der Waals surface area (Å²) in [7, 11) is 0. The Hall–Kier alpha value is -0.610. The monoisotopic (exact) mass is 146 g/mol. The summed E-state index contributed by atoms with van der Waals surface area (Å²) < 4.78 is 4.71. The van der Waals surface area contributed by atoms with Gasteiger partial charge in [0.05, 0.1) is 13.2 Å². The number of carbonyl (C=O) groups excluding carboxylic acids is 1. The van der Waals surface area contributed by atoms with Gasteiger partial charge < -0.3 is 14.9 Å². The summed E-state index contributed by atoms with van der Waals surface area (Å²) >= 11 is 0. The number of hydrogen-bond acceptors (Lipinski definition) is 4. The Bertz CT molecular complexity index is 139. The zero-order valence-electron chi connectivity index (χ0n) is 5.54. The minimum Gasteiger partial charge on any atom is -0.454 e. The van der Waals surface area contributed by atoms with Gasteiger partial charge in [0.15, 0.2) is 5.60 Å². The van der Waals surface area contributed by atoms with Crippen molar-refractivity contribution in [2.45, 2.75) is 18.4 Å². The van der Waals surface area contributed by atoms with Crippen LogP contribution in [0.2, 0.25) is 0 Å². The van der Waals surface area contributed by atoms with Crippen LogP contribution in [0.4, 0.5) is 0 Å². The summed E-state index contributed by atoms with van der Waals surface area (Å²) in [5.74, 6) is -0.344. The first-order valence-corrected chi connectivity index (χ1v) is 3.16. The molecule has 1 aliphatic heterocycles. The highest BCUT2D eigenvalue weighted by atomic mass is 16.6. The third-order valence-corrected chi connectivity index (χ3v) is 1.69. The second-order valence-electron chi connectivity index (χ2n) is 2.47. The zero-order chi connectivity index (χ0) is 7.61. The molecule has 0 aromatic carbocycles. The van der Waals surface area contributed by atoms with Crippen LogP contribution in [0.15, 0.2) is 0 Å². The predicted molar refractivity (Wildman–Crippen MR) is 32.2 cm³/mol. The fourth-order valence-electron chi connectivity index (χ4n) is 0.946. The summed E-state index contributed by atoms with van der Waals surface area (Å²) in [6.45, 7) is -0.593. The molecule has 0 atom stereocenters. The number of hydrogen-bond donors (Lipinski definition) is 2. The summed E-state index contributed by atoms with van der Waals surface area (Å²) in [6, 6.07) is 0. The van der Waals surface area contributed by atoms with Crippen molar-refractivity contribution in [1.29, 1.82) is 0 Å². The van der Waals surface area contributed by atoms with Gasteiger partial charge in [0.1, 0.15) is 0 Å². The maximum atomic E-state index is 10.5. The lowest BCUT2D eigenvalue weighted by Gasteiger charge is -2.21. The third kappa shape index (κ3) is 1.12. The smallest absolute Gasteiger partial charge is 0.306 e. The molecule has 4 nitrogen and oxygen atoms in total. The molecule has 0 spiro atoms. The average Bonchev–Trinajstić information content (AvgIpc) is 2.33.